The van der Waals surface area contributed by atoms with Crippen molar-refractivity contribution >= 4 is 17.3 Å². The number of hydrogen-bond acceptors (Lipinski definition) is 4. The highest BCUT2D eigenvalue weighted by Gasteiger charge is 2.39. The Morgan fingerprint density at radius 1 is 0.806 bits per heavy atom. The van der Waals surface area contributed by atoms with Crippen LogP contribution in [0.5, 0.6) is 0 Å². The van der Waals surface area contributed by atoms with Gasteiger partial charge in [0.05, 0.1) is 0 Å². The van der Waals surface area contributed by atoms with Gasteiger partial charge in [0.1, 0.15) is 0 Å². The fraction of sp³-hybridized carbons (Fsp3) is 0.115. The molecule has 3 aromatic carbocycles. The van der Waals surface area contributed by atoms with Crippen LogP contribution in [0.2, 0.25) is 0 Å². The predicted octanol–water partition coefficient (Wildman–Crippen LogP) is 5.17. The molecule has 1 aromatic heterocycles. The van der Waals surface area contributed by atoms with Crippen LogP contribution in [0.1, 0.15) is 28.3 Å². The Morgan fingerprint density at radius 3 is 2.35 bits per heavy atom. The third-order valence-electron chi connectivity index (χ3n) is 5.46. The molecule has 1 aliphatic carbocycles. The Hall–Kier alpha value is -3.99. The van der Waals surface area contributed by atoms with Crippen molar-refractivity contribution in [3.63, 3.8) is 0 Å². The smallest absolute Gasteiger partial charge is 0.251 e. The molecule has 0 spiro atoms. The average Bonchev–Trinajstić information content (AvgIpc) is 3.60. The van der Waals surface area contributed by atoms with Crippen molar-refractivity contribution in [2.45, 2.75) is 18.4 Å². The molecule has 1 heterocycles. The SMILES string of the molecule is O=C(N[C@@H]1C[C@H]1c1ccccc1)c1cccc(Nc2ccc(-c3ncccn3)cc2)c1. The maximum Gasteiger partial charge on any atom is 0.251 e. The van der Waals surface area contributed by atoms with Crippen LogP contribution in [-0.2, 0) is 0 Å². The first-order valence-corrected chi connectivity index (χ1v) is 10.4. The first-order chi connectivity index (χ1) is 15.3. The van der Waals surface area contributed by atoms with Gasteiger partial charge in [0, 0.05) is 46.9 Å². The number of nitrogens with zero attached hydrogens (tertiary/aromatic N) is 2. The van der Waals surface area contributed by atoms with Gasteiger partial charge in [-0.1, -0.05) is 36.4 Å². The Morgan fingerprint density at radius 2 is 1.58 bits per heavy atom. The third kappa shape index (κ3) is 4.46. The van der Waals surface area contributed by atoms with Gasteiger partial charge in [0.2, 0.25) is 0 Å². The van der Waals surface area contributed by atoms with E-state index in [0.29, 0.717) is 17.3 Å². The van der Waals surface area contributed by atoms with E-state index >= 15 is 0 Å². The number of hydrogen-bond donors (Lipinski definition) is 2. The van der Waals surface area contributed by atoms with E-state index in [1.807, 2.05) is 66.7 Å². The normalized spacial score (nSPS) is 17.0. The zero-order chi connectivity index (χ0) is 21.0. The summed E-state index contributed by atoms with van der Waals surface area (Å²) >= 11 is 0. The topological polar surface area (TPSA) is 66.9 Å². The molecule has 5 rings (SSSR count). The van der Waals surface area contributed by atoms with E-state index < -0.39 is 0 Å². The summed E-state index contributed by atoms with van der Waals surface area (Å²) in [5.41, 5.74) is 4.69. The lowest BCUT2D eigenvalue weighted by Gasteiger charge is -2.10. The Bertz CT molecular complexity index is 1180. The molecule has 0 radical (unpaired) electrons. The summed E-state index contributed by atoms with van der Waals surface area (Å²) in [6.45, 7) is 0. The van der Waals surface area contributed by atoms with Crippen LogP contribution in [0.15, 0.2) is 97.3 Å². The highest BCUT2D eigenvalue weighted by Crippen LogP contribution is 2.40. The van der Waals surface area contributed by atoms with Crippen molar-refractivity contribution in [3.8, 4) is 11.4 Å². The Balaban J connectivity index is 1.23. The van der Waals surface area contributed by atoms with Crippen LogP contribution in [0, 0.1) is 0 Å². The van der Waals surface area contributed by atoms with Gasteiger partial charge in [-0.2, -0.15) is 0 Å². The number of rotatable bonds is 6. The minimum absolute atomic E-state index is 0.0383. The maximum absolute atomic E-state index is 12.7. The summed E-state index contributed by atoms with van der Waals surface area (Å²) in [6.07, 6.45) is 4.45. The minimum atomic E-state index is -0.0383. The predicted molar refractivity (Wildman–Crippen MR) is 122 cm³/mol. The molecule has 0 saturated heterocycles. The molecule has 152 valence electrons. The van der Waals surface area contributed by atoms with Gasteiger partial charge < -0.3 is 10.6 Å². The van der Waals surface area contributed by atoms with Crippen molar-refractivity contribution in [2.75, 3.05) is 5.32 Å². The van der Waals surface area contributed by atoms with Crippen LogP contribution in [0.4, 0.5) is 11.4 Å². The van der Waals surface area contributed by atoms with Crippen LogP contribution in [0.25, 0.3) is 11.4 Å². The average molecular weight is 406 g/mol. The molecule has 5 nitrogen and oxygen atoms in total. The standard InChI is InChI=1S/C26H22N4O/c31-26(30-24-17-23(24)18-6-2-1-3-7-18)20-8-4-9-22(16-20)29-21-12-10-19(11-13-21)25-27-14-5-15-28-25/h1-16,23-24,29H,17H2,(H,30,31)/t23-,24+/m0/s1. The largest absolute Gasteiger partial charge is 0.356 e. The second kappa shape index (κ2) is 8.40. The molecule has 5 heteroatoms. The minimum Gasteiger partial charge on any atom is -0.356 e. The number of nitrogens with one attached hydrogen (secondary N) is 2. The van der Waals surface area contributed by atoms with Crippen LogP contribution >= 0.6 is 0 Å². The van der Waals surface area contributed by atoms with Crippen molar-refractivity contribution < 1.29 is 4.79 Å². The molecule has 2 N–H and O–H groups in total. The van der Waals surface area contributed by atoms with E-state index in [2.05, 4.69) is 32.7 Å². The number of aromatic nitrogens is 2. The van der Waals surface area contributed by atoms with Gasteiger partial charge in [-0.3, -0.25) is 4.79 Å². The molecule has 1 fully saturated rings. The van der Waals surface area contributed by atoms with Crippen molar-refractivity contribution in [1.82, 2.24) is 15.3 Å². The van der Waals surface area contributed by atoms with Gasteiger partial charge >= 0.3 is 0 Å². The van der Waals surface area contributed by atoms with E-state index in [1.165, 1.54) is 5.56 Å². The zero-order valence-electron chi connectivity index (χ0n) is 16.9. The monoisotopic (exact) mass is 406 g/mol. The third-order valence-corrected chi connectivity index (χ3v) is 5.46. The lowest BCUT2D eigenvalue weighted by atomic mass is 10.1. The van der Waals surface area contributed by atoms with E-state index in [4.69, 9.17) is 0 Å². The maximum atomic E-state index is 12.7. The molecule has 31 heavy (non-hydrogen) atoms. The highest BCUT2D eigenvalue weighted by molar-refractivity contribution is 5.95. The Labute approximate surface area is 181 Å². The Kier molecular flexibility index (Phi) is 5.15. The summed E-state index contributed by atoms with van der Waals surface area (Å²) < 4.78 is 0. The number of carbonyl (C=O) groups excluding carboxylic acids is 1. The quantitative estimate of drug-likeness (QED) is 0.463. The number of benzene rings is 3. The molecule has 0 aliphatic heterocycles. The van der Waals surface area contributed by atoms with E-state index in [9.17, 15) is 4.79 Å². The van der Waals surface area contributed by atoms with E-state index in [0.717, 1.165) is 23.4 Å². The number of amides is 1. The van der Waals surface area contributed by atoms with Crippen LogP contribution in [0.3, 0.4) is 0 Å². The molecule has 2 atom stereocenters. The molecule has 1 amide bonds. The molecular weight excluding hydrogens is 384 g/mol. The second-order valence-electron chi connectivity index (χ2n) is 7.69. The fourth-order valence-electron chi connectivity index (χ4n) is 3.73. The molecule has 1 saturated carbocycles. The van der Waals surface area contributed by atoms with Crippen molar-refractivity contribution in [1.29, 1.82) is 0 Å². The summed E-state index contributed by atoms with van der Waals surface area (Å²) in [5.74, 6) is 1.07. The number of carbonyl (C=O) groups is 1. The summed E-state index contributed by atoms with van der Waals surface area (Å²) in [4.78, 5) is 21.3. The van der Waals surface area contributed by atoms with Crippen molar-refractivity contribution in [2.24, 2.45) is 0 Å². The van der Waals surface area contributed by atoms with Gasteiger partial charge in [-0.25, -0.2) is 9.97 Å². The van der Waals surface area contributed by atoms with E-state index in [-0.39, 0.29) is 11.9 Å². The van der Waals surface area contributed by atoms with Gasteiger partial charge in [0.15, 0.2) is 5.82 Å². The summed E-state index contributed by atoms with van der Waals surface area (Å²) in [6, 6.07) is 27.8. The summed E-state index contributed by atoms with van der Waals surface area (Å²) in [7, 11) is 0. The van der Waals surface area contributed by atoms with Crippen molar-refractivity contribution in [3.05, 3.63) is 108 Å². The first kappa shape index (κ1) is 19.0. The molecule has 1 aliphatic rings. The van der Waals surface area contributed by atoms with E-state index in [1.54, 1.807) is 18.5 Å². The summed E-state index contributed by atoms with van der Waals surface area (Å²) in [5, 5.41) is 6.52. The van der Waals surface area contributed by atoms with Crippen LogP contribution in [-0.4, -0.2) is 21.9 Å². The molecular formula is C26H22N4O. The van der Waals surface area contributed by atoms with Gasteiger partial charge in [0.25, 0.3) is 5.91 Å². The molecule has 0 unspecified atom stereocenters. The lowest BCUT2D eigenvalue weighted by Crippen LogP contribution is -2.26. The lowest BCUT2D eigenvalue weighted by molar-refractivity contribution is 0.0950. The van der Waals surface area contributed by atoms with Gasteiger partial charge in [-0.05, 0) is 60.5 Å². The first-order valence-electron chi connectivity index (χ1n) is 10.4. The van der Waals surface area contributed by atoms with Crippen LogP contribution < -0.4 is 10.6 Å². The highest BCUT2D eigenvalue weighted by atomic mass is 16.1. The molecule has 0 bridgehead atoms. The fourth-order valence-corrected chi connectivity index (χ4v) is 3.73. The molecule has 4 aromatic rings. The zero-order valence-corrected chi connectivity index (χ0v) is 16.9. The van der Waals surface area contributed by atoms with Gasteiger partial charge in [-0.15, -0.1) is 0 Å². The second-order valence-corrected chi connectivity index (χ2v) is 7.69. The number of anilines is 2.